The van der Waals surface area contributed by atoms with Crippen molar-refractivity contribution in [1.82, 2.24) is 15.4 Å². The van der Waals surface area contributed by atoms with Crippen LogP contribution in [0.5, 0.6) is 0 Å². The molecular weight excluding hydrogens is 339 g/mol. The molecule has 1 aromatic rings. The molecule has 1 aliphatic rings. The first-order valence-electron chi connectivity index (χ1n) is 8.83. The summed E-state index contributed by atoms with van der Waals surface area (Å²) in [4.78, 5) is 8.72. The lowest BCUT2D eigenvalue weighted by atomic mass is 10.1. The van der Waals surface area contributed by atoms with E-state index in [1.807, 2.05) is 68.6 Å². The molecule has 0 bridgehead atoms. The van der Waals surface area contributed by atoms with Crippen molar-refractivity contribution < 1.29 is 4.39 Å². The predicted molar refractivity (Wildman–Crippen MR) is 110 cm³/mol. The molecule has 0 fully saturated rings. The molecule has 2 rings (SSSR count). The molecule has 5 heteroatoms. The molecule has 0 saturated carbocycles. The number of aliphatic imine (C=N–C) groups is 1. The minimum absolute atomic E-state index is 0.532. The highest BCUT2D eigenvalue weighted by Crippen LogP contribution is 2.22. The summed E-state index contributed by atoms with van der Waals surface area (Å²) < 4.78 is 12.9. The van der Waals surface area contributed by atoms with Gasteiger partial charge in [-0.3, -0.25) is 20.4 Å². The van der Waals surface area contributed by atoms with E-state index in [1.165, 1.54) is 6.08 Å². The SMILES string of the molecule is C=C1C=CC(=NCCc2cccnc2)NN1C(=C\C)/C(/C=C/F)=C/C=C\C. The number of rotatable bonds is 7. The second kappa shape index (κ2) is 10.7. The van der Waals surface area contributed by atoms with Crippen LogP contribution in [0.4, 0.5) is 4.39 Å². The number of nitrogens with zero attached hydrogens (tertiary/aromatic N) is 3. The Hall–Kier alpha value is -3.21. The van der Waals surface area contributed by atoms with Gasteiger partial charge in [0.25, 0.3) is 0 Å². The average Bonchev–Trinajstić information content (AvgIpc) is 2.69. The first kappa shape index (κ1) is 20.1. The Labute approximate surface area is 160 Å². The zero-order chi connectivity index (χ0) is 19.5. The molecule has 1 aromatic heterocycles. The van der Waals surface area contributed by atoms with Gasteiger partial charge in [0.15, 0.2) is 0 Å². The Morgan fingerprint density at radius 2 is 2.22 bits per heavy atom. The Kier molecular flexibility index (Phi) is 7.97. The number of allylic oxidation sites excluding steroid dienone is 6. The Morgan fingerprint density at radius 1 is 1.37 bits per heavy atom. The molecule has 2 heterocycles. The Bertz CT molecular complexity index is 814. The molecule has 0 atom stereocenters. The van der Waals surface area contributed by atoms with Gasteiger partial charge in [0.05, 0.1) is 17.7 Å². The molecule has 0 unspecified atom stereocenters. The molecule has 1 N–H and O–H groups in total. The van der Waals surface area contributed by atoms with E-state index in [9.17, 15) is 4.39 Å². The van der Waals surface area contributed by atoms with Crippen LogP contribution < -0.4 is 5.43 Å². The quantitative estimate of drug-likeness (QED) is 0.707. The molecule has 0 aliphatic carbocycles. The summed E-state index contributed by atoms with van der Waals surface area (Å²) in [6.07, 6.45) is 17.6. The van der Waals surface area contributed by atoms with Crippen LogP contribution in [0.15, 0.2) is 102 Å². The second-order valence-electron chi connectivity index (χ2n) is 5.76. The van der Waals surface area contributed by atoms with Gasteiger partial charge in [-0.2, -0.15) is 0 Å². The van der Waals surface area contributed by atoms with Crippen LogP contribution in [-0.4, -0.2) is 22.4 Å². The smallest absolute Gasteiger partial charge is 0.140 e. The van der Waals surface area contributed by atoms with Crippen molar-refractivity contribution in [3.8, 4) is 0 Å². The summed E-state index contributed by atoms with van der Waals surface area (Å²) in [5.74, 6) is 0.722. The molecular formula is C22H25FN4. The minimum atomic E-state index is 0.532. The first-order valence-corrected chi connectivity index (χ1v) is 8.83. The lowest BCUT2D eigenvalue weighted by Crippen LogP contribution is -2.42. The highest BCUT2D eigenvalue weighted by atomic mass is 19.1. The molecule has 0 radical (unpaired) electrons. The maximum absolute atomic E-state index is 12.9. The summed E-state index contributed by atoms with van der Waals surface area (Å²) in [6, 6.07) is 3.95. The number of nitrogens with one attached hydrogen (secondary N) is 1. The third-order valence-electron chi connectivity index (χ3n) is 3.87. The van der Waals surface area contributed by atoms with Crippen LogP contribution in [0.25, 0.3) is 0 Å². The lowest BCUT2D eigenvalue weighted by Gasteiger charge is -2.32. The number of hydrogen-bond donors (Lipinski definition) is 1. The number of amidine groups is 1. The lowest BCUT2D eigenvalue weighted by molar-refractivity contribution is 0.397. The molecule has 4 nitrogen and oxygen atoms in total. The number of pyridine rings is 1. The first-order chi connectivity index (χ1) is 13.2. The van der Waals surface area contributed by atoms with E-state index in [4.69, 9.17) is 0 Å². The standard InChI is InChI=1S/C22H25FN4/c1-4-6-9-20(12-14-23)21(5-2)27-18(3)10-11-22(26-27)25-16-13-19-8-7-15-24-17-19/h4-12,14-15,17H,3,13,16H2,1-2H3,(H,25,26)/b6-4-,14-12+,20-9+,21-5-. The van der Waals surface area contributed by atoms with Crippen molar-refractivity contribution in [3.63, 3.8) is 0 Å². The predicted octanol–water partition coefficient (Wildman–Crippen LogP) is 4.80. The topological polar surface area (TPSA) is 40.5 Å². The highest BCUT2D eigenvalue weighted by Gasteiger charge is 2.18. The zero-order valence-electron chi connectivity index (χ0n) is 15.8. The highest BCUT2D eigenvalue weighted by molar-refractivity contribution is 5.94. The van der Waals surface area contributed by atoms with Crippen molar-refractivity contribution in [2.45, 2.75) is 20.3 Å². The van der Waals surface area contributed by atoms with Gasteiger partial charge in [-0.05, 0) is 50.1 Å². The van der Waals surface area contributed by atoms with E-state index >= 15 is 0 Å². The van der Waals surface area contributed by atoms with Gasteiger partial charge < -0.3 is 0 Å². The number of hydrogen-bond acceptors (Lipinski definition) is 3. The second-order valence-corrected chi connectivity index (χ2v) is 5.76. The third kappa shape index (κ3) is 5.92. The van der Waals surface area contributed by atoms with Gasteiger partial charge >= 0.3 is 0 Å². The van der Waals surface area contributed by atoms with Crippen molar-refractivity contribution in [2.75, 3.05) is 6.54 Å². The molecule has 0 saturated heterocycles. The van der Waals surface area contributed by atoms with Crippen LogP contribution in [0.3, 0.4) is 0 Å². The molecule has 0 spiro atoms. The van der Waals surface area contributed by atoms with E-state index < -0.39 is 0 Å². The van der Waals surface area contributed by atoms with Crippen molar-refractivity contribution in [1.29, 1.82) is 0 Å². The monoisotopic (exact) mass is 364 g/mol. The van der Waals surface area contributed by atoms with Crippen LogP contribution in [0.2, 0.25) is 0 Å². The van der Waals surface area contributed by atoms with E-state index in [1.54, 1.807) is 11.2 Å². The maximum Gasteiger partial charge on any atom is 0.140 e. The summed E-state index contributed by atoms with van der Waals surface area (Å²) in [5.41, 5.74) is 6.64. The summed E-state index contributed by atoms with van der Waals surface area (Å²) in [5, 5.41) is 1.80. The van der Waals surface area contributed by atoms with Gasteiger partial charge in [0.1, 0.15) is 5.84 Å². The van der Waals surface area contributed by atoms with E-state index in [0.29, 0.717) is 12.9 Å². The van der Waals surface area contributed by atoms with E-state index in [2.05, 4.69) is 22.0 Å². The van der Waals surface area contributed by atoms with Crippen molar-refractivity contribution in [2.24, 2.45) is 4.99 Å². The fourth-order valence-corrected chi connectivity index (χ4v) is 2.55. The maximum atomic E-state index is 12.9. The van der Waals surface area contributed by atoms with E-state index in [-0.39, 0.29) is 0 Å². The van der Waals surface area contributed by atoms with E-state index in [0.717, 1.165) is 34.8 Å². The van der Waals surface area contributed by atoms with Crippen molar-refractivity contribution in [3.05, 3.63) is 102 Å². The minimum Gasteiger partial charge on any atom is -0.277 e. The van der Waals surface area contributed by atoms with Gasteiger partial charge in [-0.1, -0.05) is 36.9 Å². The molecule has 1 aliphatic heterocycles. The number of hydrazine groups is 1. The van der Waals surface area contributed by atoms with Crippen LogP contribution >= 0.6 is 0 Å². The average molecular weight is 364 g/mol. The van der Waals surface area contributed by atoms with Crippen molar-refractivity contribution >= 4 is 5.84 Å². The third-order valence-corrected chi connectivity index (χ3v) is 3.87. The molecule has 140 valence electrons. The Balaban J connectivity index is 2.15. The van der Waals surface area contributed by atoms with Crippen LogP contribution in [-0.2, 0) is 6.42 Å². The fourth-order valence-electron chi connectivity index (χ4n) is 2.55. The number of aromatic nitrogens is 1. The van der Waals surface area contributed by atoms with Gasteiger partial charge in [-0.25, -0.2) is 4.39 Å². The Morgan fingerprint density at radius 3 is 2.89 bits per heavy atom. The summed E-state index contributed by atoms with van der Waals surface area (Å²) >= 11 is 0. The van der Waals surface area contributed by atoms with Crippen LogP contribution in [0.1, 0.15) is 19.4 Å². The summed E-state index contributed by atoms with van der Waals surface area (Å²) in [6.45, 7) is 8.51. The summed E-state index contributed by atoms with van der Waals surface area (Å²) in [7, 11) is 0. The largest absolute Gasteiger partial charge is 0.277 e. The molecule has 0 aromatic carbocycles. The van der Waals surface area contributed by atoms with Gasteiger partial charge in [0, 0.05) is 24.5 Å². The van der Waals surface area contributed by atoms with Gasteiger partial charge in [-0.15, -0.1) is 0 Å². The fraction of sp³-hybridized carbons (Fsp3) is 0.182. The molecule has 27 heavy (non-hydrogen) atoms. The van der Waals surface area contributed by atoms with Crippen LogP contribution in [0, 0.1) is 0 Å². The zero-order valence-corrected chi connectivity index (χ0v) is 15.8. The number of halogens is 1. The normalized spacial score (nSPS) is 17.4. The van der Waals surface area contributed by atoms with Gasteiger partial charge in [0.2, 0.25) is 0 Å². The molecule has 0 amide bonds.